The van der Waals surface area contributed by atoms with Crippen molar-refractivity contribution in [3.63, 3.8) is 0 Å². The van der Waals surface area contributed by atoms with Gasteiger partial charge in [-0.25, -0.2) is 0 Å². The number of amides is 1. The Morgan fingerprint density at radius 3 is 0.887 bits per heavy atom. The van der Waals surface area contributed by atoms with Crippen molar-refractivity contribution in [2.45, 2.75) is 424 Å². The quantitative estimate of drug-likeness (QED) is 0.0320. The monoisotopic (exact) mass is 1130 g/mol. The van der Waals surface area contributed by atoms with Gasteiger partial charge in [0.2, 0.25) is 5.91 Å². The fourth-order valence-corrected chi connectivity index (χ4v) is 11.6. The summed E-state index contributed by atoms with van der Waals surface area (Å²) in [5.74, 6) is -0.0409. The van der Waals surface area contributed by atoms with Gasteiger partial charge < -0.3 is 20.3 Å². The van der Waals surface area contributed by atoms with E-state index in [1.54, 1.807) is 6.08 Å². The van der Waals surface area contributed by atoms with Crippen LogP contribution in [0.25, 0.3) is 0 Å². The molecular formula is C74H143NO5. The maximum Gasteiger partial charge on any atom is 0.305 e. The zero-order valence-corrected chi connectivity index (χ0v) is 54.3. The summed E-state index contributed by atoms with van der Waals surface area (Å²) >= 11 is 0. The highest BCUT2D eigenvalue weighted by atomic mass is 16.5. The number of hydrogen-bond acceptors (Lipinski definition) is 5. The number of rotatable bonds is 69. The topological polar surface area (TPSA) is 95.9 Å². The van der Waals surface area contributed by atoms with Gasteiger partial charge in [-0.05, 0) is 57.8 Å². The molecule has 0 saturated carbocycles. The van der Waals surface area contributed by atoms with Crippen LogP contribution in [0.1, 0.15) is 412 Å². The van der Waals surface area contributed by atoms with E-state index in [0.29, 0.717) is 19.4 Å². The van der Waals surface area contributed by atoms with Crippen molar-refractivity contribution in [2.75, 3.05) is 13.2 Å². The lowest BCUT2D eigenvalue weighted by atomic mass is 10.0. The van der Waals surface area contributed by atoms with Crippen LogP contribution in [0, 0.1) is 0 Å². The number of aliphatic hydroxyl groups excluding tert-OH is 2. The van der Waals surface area contributed by atoms with Crippen LogP contribution in [0.15, 0.2) is 24.3 Å². The Balaban J connectivity index is 3.29. The molecule has 0 bridgehead atoms. The van der Waals surface area contributed by atoms with Gasteiger partial charge in [0.25, 0.3) is 0 Å². The largest absolute Gasteiger partial charge is 0.466 e. The summed E-state index contributed by atoms with van der Waals surface area (Å²) in [5.41, 5.74) is 0. The average molecular weight is 1130 g/mol. The van der Waals surface area contributed by atoms with Crippen molar-refractivity contribution in [3.05, 3.63) is 24.3 Å². The first kappa shape index (κ1) is 78.3. The molecule has 80 heavy (non-hydrogen) atoms. The summed E-state index contributed by atoms with van der Waals surface area (Å²) in [6.45, 7) is 4.92. The summed E-state index contributed by atoms with van der Waals surface area (Å²) in [6.07, 6.45) is 88.6. The molecule has 0 aromatic heterocycles. The van der Waals surface area contributed by atoms with Gasteiger partial charge >= 0.3 is 5.97 Å². The number of aliphatic hydroxyl groups is 2. The third kappa shape index (κ3) is 65.5. The second kappa shape index (κ2) is 69.8. The third-order valence-electron chi connectivity index (χ3n) is 17.2. The molecule has 0 aliphatic rings. The number of carbonyl (C=O) groups is 2. The molecular weight excluding hydrogens is 983 g/mol. The third-order valence-corrected chi connectivity index (χ3v) is 17.2. The van der Waals surface area contributed by atoms with Crippen LogP contribution in [-0.2, 0) is 14.3 Å². The van der Waals surface area contributed by atoms with Crippen molar-refractivity contribution in [1.29, 1.82) is 0 Å². The molecule has 0 aromatic rings. The van der Waals surface area contributed by atoms with Gasteiger partial charge in [0, 0.05) is 12.8 Å². The number of unbranched alkanes of at least 4 members (excludes halogenated alkanes) is 56. The molecule has 2 unspecified atom stereocenters. The lowest BCUT2D eigenvalue weighted by molar-refractivity contribution is -0.143. The van der Waals surface area contributed by atoms with Crippen LogP contribution in [0.2, 0.25) is 0 Å². The van der Waals surface area contributed by atoms with E-state index in [1.165, 1.54) is 347 Å². The molecule has 6 nitrogen and oxygen atoms in total. The second-order valence-electron chi connectivity index (χ2n) is 25.3. The Bertz CT molecular complexity index is 1250. The molecule has 3 N–H and O–H groups in total. The van der Waals surface area contributed by atoms with Crippen LogP contribution >= 0.6 is 0 Å². The molecule has 0 radical (unpaired) electrons. The minimum absolute atomic E-state index is 0.0217. The Kier molecular flexibility index (Phi) is 68.4. The van der Waals surface area contributed by atoms with E-state index < -0.39 is 12.1 Å². The molecule has 1 amide bonds. The molecule has 2 atom stereocenters. The number of allylic oxidation sites excluding steroid dienone is 3. The smallest absolute Gasteiger partial charge is 0.305 e. The van der Waals surface area contributed by atoms with E-state index in [1.807, 2.05) is 6.08 Å². The van der Waals surface area contributed by atoms with Crippen molar-refractivity contribution < 1.29 is 24.5 Å². The highest BCUT2D eigenvalue weighted by molar-refractivity contribution is 5.76. The molecule has 0 fully saturated rings. The molecule has 0 spiro atoms. The average Bonchev–Trinajstić information content (AvgIpc) is 3.46. The molecule has 0 aliphatic carbocycles. The molecule has 0 aromatic carbocycles. The summed E-state index contributed by atoms with van der Waals surface area (Å²) in [5, 5.41) is 23.1. The minimum Gasteiger partial charge on any atom is -0.466 e. The molecule has 0 heterocycles. The zero-order chi connectivity index (χ0) is 57.8. The first-order chi connectivity index (χ1) is 39.5. The van der Waals surface area contributed by atoms with Gasteiger partial charge in [0.1, 0.15) is 0 Å². The first-order valence-electron chi connectivity index (χ1n) is 36.6. The summed E-state index contributed by atoms with van der Waals surface area (Å²) < 4.78 is 5.52. The summed E-state index contributed by atoms with van der Waals surface area (Å²) in [4.78, 5) is 24.6. The number of carbonyl (C=O) groups excluding carboxylic acids is 2. The maximum absolute atomic E-state index is 12.4. The van der Waals surface area contributed by atoms with Crippen LogP contribution in [0.4, 0.5) is 0 Å². The van der Waals surface area contributed by atoms with Crippen LogP contribution < -0.4 is 5.32 Å². The molecule has 6 heteroatoms. The highest BCUT2D eigenvalue weighted by Gasteiger charge is 2.18. The lowest BCUT2D eigenvalue weighted by Crippen LogP contribution is -2.45. The fourth-order valence-electron chi connectivity index (χ4n) is 11.6. The molecule has 474 valence electrons. The fraction of sp³-hybridized carbons (Fsp3) is 0.919. The molecule has 0 aliphatic heterocycles. The van der Waals surface area contributed by atoms with Gasteiger partial charge in [0.05, 0.1) is 25.4 Å². The number of esters is 1. The van der Waals surface area contributed by atoms with Crippen molar-refractivity contribution in [1.82, 2.24) is 5.32 Å². The first-order valence-corrected chi connectivity index (χ1v) is 36.6. The lowest BCUT2D eigenvalue weighted by Gasteiger charge is -2.20. The second-order valence-corrected chi connectivity index (χ2v) is 25.3. The Hall–Kier alpha value is -1.66. The summed E-state index contributed by atoms with van der Waals surface area (Å²) in [6, 6.07) is -0.622. The molecule has 0 saturated heterocycles. The van der Waals surface area contributed by atoms with Gasteiger partial charge in [0.15, 0.2) is 0 Å². The number of nitrogens with one attached hydrogen (secondary N) is 1. The normalized spacial score (nSPS) is 12.6. The van der Waals surface area contributed by atoms with Gasteiger partial charge in [-0.15, -0.1) is 0 Å². The maximum atomic E-state index is 12.4. The van der Waals surface area contributed by atoms with E-state index in [2.05, 4.69) is 31.3 Å². The van der Waals surface area contributed by atoms with Crippen molar-refractivity contribution >= 4 is 11.9 Å². The van der Waals surface area contributed by atoms with Gasteiger partial charge in [-0.1, -0.05) is 366 Å². The van der Waals surface area contributed by atoms with Crippen LogP contribution in [0.3, 0.4) is 0 Å². The Labute approximate surface area is 501 Å². The van der Waals surface area contributed by atoms with E-state index in [-0.39, 0.29) is 18.5 Å². The SMILES string of the molecule is CCCCCCCC/C=C\CCCCCCCCCCCC(=O)OCCCCCCCCCCCCCCCCCCCCCCCCCCCCCCCCCCCC(=O)NC(CO)C(O)/C=C/CCCCCCCCCCC. The van der Waals surface area contributed by atoms with Gasteiger partial charge in [-0.3, -0.25) is 9.59 Å². The van der Waals surface area contributed by atoms with Gasteiger partial charge in [-0.2, -0.15) is 0 Å². The Morgan fingerprint density at radius 1 is 0.338 bits per heavy atom. The predicted octanol–water partition coefficient (Wildman–Crippen LogP) is 23.7. The zero-order valence-electron chi connectivity index (χ0n) is 54.3. The van der Waals surface area contributed by atoms with Crippen LogP contribution in [0.5, 0.6) is 0 Å². The van der Waals surface area contributed by atoms with E-state index in [4.69, 9.17) is 4.74 Å². The van der Waals surface area contributed by atoms with Crippen molar-refractivity contribution in [2.24, 2.45) is 0 Å². The minimum atomic E-state index is -0.839. The number of hydrogen-bond donors (Lipinski definition) is 3. The highest BCUT2D eigenvalue weighted by Crippen LogP contribution is 2.19. The van der Waals surface area contributed by atoms with Crippen molar-refractivity contribution in [3.8, 4) is 0 Å². The Morgan fingerprint density at radius 2 is 0.588 bits per heavy atom. The van der Waals surface area contributed by atoms with E-state index >= 15 is 0 Å². The number of ether oxygens (including phenoxy) is 1. The summed E-state index contributed by atoms with van der Waals surface area (Å²) in [7, 11) is 0. The van der Waals surface area contributed by atoms with Crippen LogP contribution in [-0.4, -0.2) is 47.4 Å². The van der Waals surface area contributed by atoms with E-state index in [0.717, 1.165) is 38.5 Å². The van der Waals surface area contributed by atoms with E-state index in [9.17, 15) is 19.8 Å². The molecule has 0 rings (SSSR count). The standard InChI is InChI=1S/C74H143NO5/c1-3-5-7-9-11-13-15-16-17-18-34-38-41-44-48-52-56-60-64-68-74(79)80-69-65-61-57-53-49-45-42-39-36-33-31-29-27-25-23-21-19-20-22-24-26-28-30-32-35-37-40-43-47-51-55-59-63-67-73(78)75-71(70-76)72(77)66-62-58-54-50-46-14-12-10-8-6-4-2/h16-17,62,66,71-72,76-77H,3-15,18-61,63-65,67-70H2,1-2H3,(H,75,78)/b17-16-,66-62+. The predicted molar refractivity (Wildman–Crippen MR) is 352 cm³/mol.